The third kappa shape index (κ3) is 4.56. The summed E-state index contributed by atoms with van der Waals surface area (Å²) in [5.41, 5.74) is -0.268. The van der Waals surface area contributed by atoms with Crippen LogP contribution in [-0.4, -0.2) is 22.7 Å². The summed E-state index contributed by atoms with van der Waals surface area (Å²) in [6.45, 7) is 5.46. The number of rotatable bonds is 6. The number of hydrogen-bond donors (Lipinski definition) is 3. The lowest BCUT2D eigenvalue weighted by Gasteiger charge is -2.23. The minimum Gasteiger partial charge on any atom is -0.463 e. The maximum atomic E-state index is 12.1. The fourth-order valence-corrected chi connectivity index (χ4v) is 2.29. The molecule has 0 aliphatic carbocycles. The zero-order chi connectivity index (χ0) is 16.9. The number of nitrogens with one attached hydrogen (secondary N) is 2. The number of amides is 2. The van der Waals surface area contributed by atoms with Gasteiger partial charge in [-0.25, -0.2) is 4.79 Å². The lowest BCUT2D eigenvalue weighted by atomic mass is 10.0. The van der Waals surface area contributed by atoms with Gasteiger partial charge in [0.2, 0.25) is 0 Å². The highest BCUT2D eigenvalue weighted by Crippen LogP contribution is 2.22. The molecule has 2 aromatic rings. The number of furan rings is 1. The van der Waals surface area contributed by atoms with Gasteiger partial charge in [0.05, 0.1) is 12.6 Å². The van der Waals surface area contributed by atoms with Crippen LogP contribution in [0, 0.1) is 6.92 Å². The first-order valence-corrected chi connectivity index (χ1v) is 7.66. The lowest BCUT2D eigenvalue weighted by molar-refractivity contribution is 0.0359. The van der Waals surface area contributed by atoms with Gasteiger partial charge in [-0.05, 0) is 50.1 Å². The summed E-state index contributed by atoms with van der Waals surface area (Å²) in [5.74, 6) is 1.14. The first-order valence-electron chi connectivity index (χ1n) is 7.66. The van der Waals surface area contributed by atoms with Gasteiger partial charge in [-0.1, -0.05) is 6.92 Å². The lowest BCUT2D eigenvalue weighted by Crippen LogP contribution is -2.44. The van der Waals surface area contributed by atoms with Crippen LogP contribution in [0.4, 0.5) is 4.79 Å². The van der Waals surface area contributed by atoms with Crippen LogP contribution in [0.25, 0.3) is 0 Å². The Morgan fingerprint density at radius 3 is 2.61 bits per heavy atom. The van der Waals surface area contributed by atoms with Crippen molar-refractivity contribution in [1.82, 2.24) is 15.6 Å². The summed E-state index contributed by atoms with van der Waals surface area (Å²) in [4.78, 5) is 16.1. The predicted octanol–water partition coefficient (Wildman–Crippen LogP) is 2.64. The minimum atomic E-state index is -1.26. The van der Waals surface area contributed by atoms with Gasteiger partial charge in [-0.3, -0.25) is 4.98 Å². The van der Waals surface area contributed by atoms with Crippen LogP contribution in [-0.2, 0) is 5.60 Å². The molecule has 0 saturated heterocycles. The Balaban J connectivity index is 1.91. The smallest absolute Gasteiger partial charge is 0.315 e. The van der Waals surface area contributed by atoms with Crippen molar-refractivity contribution in [3.05, 3.63) is 53.7 Å². The molecule has 0 aromatic carbocycles. The van der Waals surface area contributed by atoms with Crippen molar-refractivity contribution in [1.29, 1.82) is 0 Å². The monoisotopic (exact) mass is 317 g/mol. The van der Waals surface area contributed by atoms with Gasteiger partial charge in [0.1, 0.15) is 17.1 Å². The number of aliphatic hydroxyl groups is 1. The molecule has 6 heteroatoms. The SMILES string of the molecule is CCC(NC(=O)NCC(C)(O)c1ccc(C)o1)c1ccncc1. The molecular formula is C17H23N3O3. The molecule has 3 N–H and O–H groups in total. The maximum absolute atomic E-state index is 12.1. The molecule has 0 bridgehead atoms. The summed E-state index contributed by atoms with van der Waals surface area (Å²) in [7, 11) is 0. The van der Waals surface area contributed by atoms with Gasteiger partial charge >= 0.3 is 6.03 Å². The second-order valence-electron chi connectivity index (χ2n) is 5.75. The molecule has 2 unspecified atom stereocenters. The number of carbonyl (C=O) groups is 1. The topological polar surface area (TPSA) is 87.4 Å². The number of aryl methyl sites for hydroxylation is 1. The zero-order valence-corrected chi connectivity index (χ0v) is 13.7. The van der Waals surface area contributed by atoms with Crippen molar-refractivity contribution < 1.29 is 14.3 Å². The second-order valence-corrected chi connectivity index (χ2v) is 5.75. The first kappa shape index (κ1) is 17.0. The highest BCUT2D eigenvalue weighted by molar-refractivity contribution is 5.74. The Morgan fingerprint density at radius 2 is 2.04 bits per heavy atom. The van der Waals surface area contributed by atoms with Gasteiger partial charge < -0.3 is 20.2 Å². The number of hydrogen-bond acceptors (Lipinski definition) is 4. The summed E-state index contributed by atoms with van der Waals surface area (Å²) < 4.78 is 5.42. The Kier molecular flexibility index (Phi) is 5.39. The molecule has 0 saturated carbocycles. The zero-order valence-electron chi connectivity index (χ0n) is 13.7. The molecule has 2 amide bonds. The molecule has 0 aliphatic heterocycles. The number of nitrogens with zero attached hydrogens (tertiary/aromatic N) is 1. The largest absolute Gasteiger partial charge is 0.463 e. The van der Waals surface area contributed by atoms with Gasteiger partial charge in [0.15, 0.2) is 0 Å². The van der Waals surface area contributed by atoms with Crippen molar-refractivity contribution in [2.75, 3.05) is 6.54 Å². The molecule has 2 rings (SSSR count). The van der Waals surface area contributed by atoms with E-state index in [1.807, 2.05) is 19.1 Å². The fourth-order valence-electron chi connectivity index (χ4n) is 2.29. The van der Waals surface area contributed by atoms with Crippen molar-refractivity contribution in [3.63, 3.8) is 0 Å². The Labute approximate surface area is 135 Å². The van der Waals surface area contributed by atoms with E-state index in [2.05, 4.69) is 15.6 Å². The van der Waals surface area contributed by atoms with Crippen LogP contribution in [0.2, 0.25) is 0 Å². The molecule has 124 valence electrons. The van der Waals surface area contributed by atoms with Crippen LogP contribution in [0.5, 0.6) is 0 Å². The van der Waals surface area contributed by atoms with Crippen LogP contribution >= 0.6 is 0 Å². The van der Waals surface area contributed by atoms with Crippen molar-refractivity contribution in [3.8, 4) is 0 Å². The predicted molar refractivity (Wildman–Crippen MR) is 86.8 cm³/mol. The summed E-state index contributed by atoms with van der Waals surface area (Å²) in [5, 5.41) is 16.0. The van der Waals surface area contributed by atoms with E-state index >= 15 is 0 Å². The van der Waals surface area contributed by atoms with E-state index in [4.69, 9.17) is 4.42 Å². The Hall–Kier alpha value is -2.34. The van der Waals surface area contributed by atoms with Crippen LogP contribution < -0.4 is 10.6 Å². The molecule has 2 atom stereocenters. The molecule has 23 heavy (non-hydrogen) atoms. The van der Waals surface area contributed by atoms with E-state index in [1.54, 1.807) is 38.4 Å². The molecule has 2 heterocycles. The first-order chi connectivity index (χ1) is 10.9. The Bertz CT molecular complexity index is 638. The van der Waals surface area contributed by atoms with E-state index < -0.39 is 5.60 Å². The van der Waals surface area contributed by atoms with Crippen molar-refractivity contribution >= 4 is 6.03 Å². The summed E-state index contributed by atoms with van der Waals surface area (Å²) in [6, 6.07) is 6.79. The highest BCUT2D eigenvalue weighted by atomic mass is 16.4. The molecule has 6 nitrogen and oxygen atoms in total. The second kappa shape index (κ2) is 7.28. The van der Waals surface area contributed by atoms with E-state index in [0.717, 1.165) is 12.0 Å². The number of carbonyl (C=O) groups excluding carboxylic acids is 1. The minimum absolute atomic E-state index is 0.0541. The van der Waals surface area contributed by atoms with Crippen molar-refractivity contribution in [2.45, 2.75) is 38.8 Å². The van der Waals surface area contributed by atoms with Crippen LogP contribution in [0.1, 0.15) is 43.4 Å². The van der Waals surface area contributed by atoms with Crippen LogP contribution in [0.3, 0.4) is 0 Å². The average Bonchev–Trinajstić information content (AvgIpc) is 2.99. The van der Waals surface area contributed by atoms with Crippen LogP contribution in [0.15, 0.2) is 41.1 Å². The van der Waals surface area contributed by atoms with Gasteiger partial charge in [0.25, 0.3) is 0 Å². The molecule has 0 spiro atoms. The van der Waals surface area contributed by atoms with Gasteiger partial charge in [0, 0.05) is 12.4 Å². The molecule has 0 fully saturated rings. The van der Waals surface area contributed by atoms with Crippen molar-refractivity contribution in [2.24, 2.45) is 0 Å². The summed E-state index contributed by atoms with van der Waals surface area (Å²) >= 11 is 0. The van der Waals surface area contributed by atoms with Gasteiger partial charge in [-0.15, -0.1) is 0 Å². The van der Waals surface area contributed by atoms with Gasteiger partial charge in [-0.2, -0.15) is 0 Å². The standard InChI is InChI=1S/C17H23N3O3/c1-4-14(13-7-9-18-10-8-13)20-16(21)19-11-17(3,22)15-6-5-12(2)23-15/h5-10,14,22H,4,11H2,1-3H3,(H2,19,20,21). The average molecular weight is 317 g/mol. The van der Waals surface area contributed by atoms with E-state index in [0.29, 0.717) is 11.5 Å². The number of pyridine rings is 1. The number of urea groups is 1. The third-order valence-corrected chi connectivity index (χ3v) is 3.69. The van der Waals surface area contributed by atoms with E-state index in [1.165, 1.54) is 0 Å². The number of aromatic nitrogens is 1. The fraction of sp³-hybridized carbons (Fsp3) is 0.412. The normalized spacial score (nSPS) is 14.8. The summed E-state index contributed by atoms with van der Waals surface area (Å²) in [6.07, 6.45) is 4.15. The molecular weight excluding hydrogens is 294 g/mol. The molecule has 0 radical (unpaired) electrons. The molecule has 2 aromatic heterocycles. The van der Waals surface area contributed by atoms with E-state index in [-0.39, 0.29) is 18.6 Å². The highest BCUT2D eigenvalue weighted by Gasteiger charge is 2.27. The maximum Gasteiger partial charge on any atom is 0.315 e. The van der Waals surface area contributed by atoms with E-state index in [9.17, 15) is 9.90 Å². The quantitative estimate of drug-likeness (QED) is 0.764. The third-order valence-electron chi connectivity index (χ3n) is 3.69. The molecule has 0 aliphatic rings. The Morgan fingerprint density at radius 1 is 1.35 bits per heavy atom.